The van der Waals surface area contributed by atoms with Crippen molar-refractivity contribution in [1.82, 2.24) is 4.57 Å². The lowest BCUT2D eigenvalue weighted by molar-refractivity contribution is -0.118. The normalized spacial score (nSPS) is 11.7. The quantitative estimate of drug-likeness (QED) is 0.517. The number of carbonyl (C=O) groups is 1. The van der Waals surface area contributed by atoms with E-state index in [-0.39, 0.29) is 11.8 Å². The van der Waals surface area contributed by atoms with Gasteiger partial charge in [0.05, 0.1) is 5.52 Å². The van der Waals surface area contributed by atoms with Gasteiger partial charge in [0.15, 0.2) is 5.69 Å². The molecular weight excluding hydrogens is 350 g/mol. The number of nitrogens with zero attached hydrogens (tertiary/aromatic N) is 3. The van der Waals surface area contributed by atoms with Gasteiger partial charge in [-0.1, -0.05) is 55.8 Å². The molecule has 0 fully saturated rings. The van der Waals surface area contributed by atoms with Crippen molar-refractivity contribution in [2.75, 3.05) is 0 Å². The molecule has 1 amide bonds. The van der Waals surface area contributed by atoms with Gasteiger partial charge in [-0.2, -0.15) is 0 Å². The van der Waals surface area contributed by atoms with E-state index >= 15 is 0 Å². The molecule has 0 aliphatic rings. The molecule has 0 spiro atoms. The van der Waals surface area contributed by atoms with Crippen LogP contribution in [0.2, 0.25) is 0 Å². The van der Waals surface area contributed by atoms with Crippen LogP contribution in [0.5, 0.6) is 5.88 Å². The average molecular weight is 377 g/mol. The first-order valence-corrected chi connectivity index (χ1v) is 9.76. The minimum absolute atomic E-state index is 0.0702. The Hall–Kier alpha value is -2.95. The summed E-state index contributed by atoms with van der Waals surface area (Å²) in [5, 5.41) is 19.6. The fourth-order valence-electron chi connectivity index (χ4n) is 3.20. The zero-order valence-electron chi connectivity index (χ0n) is 16.7. The molecule has 5 heteroatoms. The van der Waals surface area contributed by atoms with Gasteiger partial charge in [-0.25, -0.2) is 0 Å². The van der Waals surface area contributed by atoms with Gasteiger partial charge in [0, 0.05) is 18.4 Å². The second kappa shape index (κ2) is 8.83. The molecule has 0 bridgehead atoms. The average Bonchev–Trinajstić information content (AvgIpc) is 2.94. The first kappa shape index (κ1) is 19.8. The minimum Gasteiger partial charge on any atom is -0.493 e. The maximum absolute atomic E-state index is 12.2. The zero-order valence-corrected chi connectivity index (χ0v) is 16.7. The molecule has 0 atom stereocenters. The van der Waals surface area contributed by atoms with Crippen LogP contribution in [0, 0.1) is 12.8 Å². The van der Waals surface area contributed by atoms with Crippen molar-refractivity contribution in [2.24, 2.45) is 16.1 Å². The highest BCUT2D eigenvalue weighted by molar-refractivity contribution is 5.95. The molecule has 1 N–H and O–H groups in total. The first-order valence-electron chi connectivity index (χ1n) is 9.76. The van der Waals surface area contributed by atoms with E-state index in [1.807, 2.05) is 60.0 Å². The molecule has 1 heterocycles. The number of aromatic hydroxyl groups is 1. The molecule has 5 nitrogen and oxygen atoms in total. The Labute approximate surface area is 165 Å². The van der Waals surface area contributed by atoms with Crippen molar-refractivity contribution in [2.45, 2.75) is 46.6 Å². The summed E-state index contributed by atoms with van der Waals surface area (Å²) in [5.41, 5.74) is 3.44. The molecule has 146 valence electrons. The van der Waals surface area contributed by atoms with Crippen LogP contribution in [-0.2, 0) is 17.8 Å². The van der Waals surface area contributed by atoms with Gasteiger partial charge < -0.3 is 9.67 Å². The Balaban J connectivity index is 1.83. The summed E-state index contributed by atoms with van der Waals surface area (Å²) in [6, 6.07) is 15.8. The Kier molecular flexibility index (Phi) is 6.24. The third kappa shape index (κ3) is 4.66. The van der Waals surface area contributed by atoms with Gasteiger partial charge in [0.2, 0.25) is 5.88 Å². The number of azo groups is 1. The number of amides is 1. The monoisotopic (exact) mass is 377 g/mol. The van der Waals surface area contributed by atoms with Crippen LogP contribution < -0.4 is 0 Å². The standard InChI is InChI=1S/C23H27N3O2/c1-16(2)13-14-26-20-11-9-17(3)15-19(20)22(23(26)28)25-24-21(27)12-10-18-7-5-4-6-8-18/h4-9,11,15-16,28H,10,12-14H2,1-3H3. The molecular formula is C23H27N3O2. The smallest absolute Gasteiger partial charge is 0.265 e. The largest absolute Gasteiger partial charge is 0.493 e. The second-order valence-corrected chi connectivity index (χ2v) is 7.61. The first-order chi connectivity index (χ1) is 13.5. The number of carbonyl (C=O) groups excluding carboxylic acids is 1. The summed E-state index contributed by atoms with van der Waals surface area (Å²) in [4.78, 5) is 12.2. The summed E-state index contributed by atoms with van der Waals surface area (Å²) < 4.78 is 1.86. The lowest BCUT2D eigenvalue weighted by Gasteiger charge is -2.09. The Morgan fingerprint density at radius 1 is 1.14 bits per heavy atom. The van der Waals surface area contributed by atoms with E-state index in [9.17, 15) is 9.90 Å². The van der Waals surface area contributed by atoms with Gasteiger partial charge in [0.25, 0.3) is 5.91 Å². The van der Waals surface area contributed by atoms with Crippen molar-refractivity contribution >= 4 is 22.5 Å². The summed E-state index contributed by atoms with van der Waals surface area (Å²) in [7, 11) is 0. The van der Waals surface area contributed by atoms with E-state index in [4.69, 9.17) is 0 Å². The molecule has 28 heavy (non-hydrogen) atoms. The highest BCUT2D eigenvalue weighted by Crippen LogP contribution is 2.39. The number of hydrogen-bond donors (Lipinski definition) is 1. The van der Waals surface area contributed by atoms with E-state index in [2.05, 4.69) is 24.1 Å². The molecule has 2 aromatic carbocycles. The number of rotatable bonds is 7. The molecule has 3 rings (SSSR count). The summed E-state index contributed by atoms with van der Waals surface area (Å²) >= 11 is 0. The topological polar surface area (TPSA) is 66.9 Å². The maximum atomic E-state index is 12.2. The third-order valence-electron chi connectivity index (χ3n) is 4.83. The van der Waals surface area contributed by atoms with Crippen LogP contribution in [-0.4, -0.2) is 15.6 Å². The van der Waals surface area contributed by atoms with Crippen molar-refractivity contribution in [3.05, 3.63) is 59.7 Å². The van der Waals surface area contributed by atoms with Crippen LogP contribution in [0.15, 0.2) is 58.8 Å². The predicted molar refractivity (Wildman–Crippen MR) is 112 cm³/mol. The molecule has 1 aromatic heterocycles. The van der Waals surface area contributed by atoms with E-state index in [1.54, 1.807) is 0 Å². The number of aromatic nitrogens is 1. The van der Waals surface area contributed by atoms with Crippen LogP contribution in [0.1, 0.15) is 37.8 Å². The van der Waals surface area contributed by atoms with Crippen LogP contribution in [0.25, 0.3) is 10.9 Å². The fourth-order valence-corrected chi connectivity index (χ4v) is 3.20. The minimum atomic E-state index is -0.293. The Morgan fingerprint density at radius 2 is 1.89 bits per heavy atom. The second-order valence-electron chi connectivity index (χ2n) is 7.61. The fraction of sp³-hybridized carbons (Fsp3) is 0.348. The number of benzene rings is 2. The van der Waals surface area contributed by atoms with Gasteiger partial charge in [-0.3, -0.25) is 4.79 Å². The van der Waals surface area contributed by atoms with Gasteiger partial charge in [-0.05, 0) is 43.4 Å². The molecule has 0 aliphatic carbocycles. The summed E-state index contributed by atoms with van der Waals surface area (Å²) in [6.07, 6.45) is 1.86. The van der Waals surface area contributed by atoms with Gasteiger partial charge in [0.1, 0.15) is 0 Å². The van der Waals surface area contributed by atoms with Crippen molar-refractivity contribution in [3.8, 4) is 5.88 Å². The summed E-state index contributed by atoms with van der Waals surface area (Å²) in [6.45, 7) is 6.99. The van der Waals surface area contributed by atoms with Crippen molar-refractivity contribution in [3.63, 3.8) is 0 Å². The predicted octanol–water partition coefficient (Wildman–Crippen LogP) is 5.94. The molecule has 3 aromatic rings. The maximum Gasteiger partial charge on any atom is 0.265 e. The number of hydrogen-bond acceptors (Lipinski definition) is 3. The molecule has 0 radical (unpaired) electrons. The molecule has 0 saturated carbocycles. The van der Waals surface area contributed by atoms with Crippen molar-refractivity contribution in [1.29, 1.82) is 0 Å². The number of aryl methyl sites for hydroxylation is 3. The van der Waals surface area contributed by atoms with Crippen LogP contribution in [0.4, 0.5) is 5.69 Å². The molecule has 0 aliphatic heterocycles. The van der Waals surface area contributed by atoms with Crippen molar-refractivity contribution < 1.29 is 9.90 Å². The van der Waals surface area contributed by atoms with Crippen LogP contribution >= 0.6 is 0 Å². The molecule has 0 unspecified atom stereocenters. The van der Waals surface area contributed by atoms with E-state index < -0.39 is 0 Å². The molecule has 0 saturated heterocycles. The van der Waals surface area contributed by atoms with E-state index in [0.717, 1.165) is 28.5 Å². The van der Waals surface area contributed by atoms with E-state index in [1.165, 1.54) is 0 Å². The SMILES string of the molecule is Cc1ccc2c(c1)c(N=NC(=O)CCc1ccccc1)c(O)n2CCC(C)C. The third-order valence-corrected chi connectivity index (χ3v) is 4.83. The highest BCUT2D eigenvalue weighted by atomic mass is 16.3. The highest BCUT2D eigenvalue weighted by Gasteiger charge is 2.17. The zero-order chi connectivity index (χ0) is 20.1. The van der Waals surface area contributed by atoms with Gasteiger partial charge in [-0.15, -0.1) is 10.2 Å². The Morgan fingerprint density at radius 3 is 2.61 bits per heavy atom. The van der Waals surface area contributed by atoms with E-state index in [0.29, 0.717) is 31.0 Å². The lowest BCUT2D eigenvalue weighted by Crippen LogP contribution is -2.00. The number of fused-ring (bicyclic) bond motifs is 1. The lowest BCUT2D eigenvalue weighted by atomic mass is 10.1. The summed E-state index contributed by atoms with van der Waals surface area (Å²) in [5.74, 6) is 0.298. The van der Waals surface area contributed by atoms with Crippen LogP contribution in [0.3, 0.4) is 0 Å². The van der Waals surface area contributed by atoms with Gasteiger partial charge >= 0.3 is 0 Å². The Bertz CT molecular complexity index is 988.